The molecule has 0 N–H and O–H groups in total. The fourth-order valence-corrected chi connectivity index (χ4v) is 2.83. The highest BCUT2D eigenvalue weighted by atomic mass is 35.5. The molecule has 1 aromatic heterocycles. The Kier molecular flexibility index (Phi) is 3.60. The van der Waals surface area contributed by atoms with Crippen LogP contribution in [0.5, 0.6) is 0 Å². The Balaban J connectivity index is 2.07. The summed E-state index contributed by atoms with van der Waals surface area (Å²) in [4.78, 5) is 11.7. The van der Waals surface area contributed by atoms with Gasteiger partial charge in [0.15, 0.2) is 5.58 Å². The predicted octanol–water partition coefficient (Wildman–Crippen LogP) is 4.25. The third-order valence-corrected chi connectivity index (χ3v) is 4.14. The van der Waals surface area contributed by atoms with Gasteiger partial charge in [0.05, 0.1) is 10.9 Å². The van der Waals surface area contributed by atoms with Crippen LogP contribution in [0.4, 0.5) is 0 Å². The molecule has 0 amide bonds. The van der Waals surface area contributed by atoms with Crippen LogP contribution >= 0.6 is 11.6 Å². The van der Waals surface area contributed by atoms with Gasteiger partial charge in [0.25, 0.3) is 0 Å². The van der Waals surface area contributed by atoms with Gasteiger partial charge in [0, 0.05) is 6.54 Å². The van der Waals surface area contributed by atoms with Crippen LogP contribution in [-0.2, 0) is 6.54 Å². The Bertz CT molecular complexity index is 847. The van der Waals surface area contributed by atoms with E-state index in [-0.39, 0.29) is 11.1 Å². The van der Waals surface area contributed by atoms with Gasteiger partial charge < -0.3 is 4.42 Å². The molecule has 3 aromatic rings. The standard InChI is InChI=1S/C17H16ClNO2/c1-3-19-14-8-7-13(10-15(14)21-17(19)20)16(18)12-6-4-5-11(2)9-12/h4-10,16H,3H2,1-2H3. The number of oxazole rings is 1. The predicted molar refractivity (Wildman–Crippen MR) is 85.0 cm³/mol. The first kappa shape index (κ1) is 14.0. The lowest BCUT2D eigenvalue weighted by Crippen LogP contribution is -2.11. The lowest BCUT2D eigenvalue weighted by Gasteiger charge is -2.11. The molecule has 3 rings (SSSR count). The third-order valence-electron chi connectivity index (χ3n) is 3.64. The Labute approximate surface area is 127 Å². The normalized spacial score (nSPS) is 12.7. The summed E-state index contributed by atoms with van der Waals surface area (Å²) in [7, 11) is 0. The number of fused-ring (bicyclic) bond motifs is 1. The minimum absolute atomic E-state index is 0.260. The first-order valence-corrected chi connectivity index (χ1v) is 7.37. The van der Waals surface area contributed by atoms with E-state index in [2.05, 4.69) is 6.07 Å². The van der Waals surface area contributed by atoms with Crippen molar-refractivity contribution >= 4 is 22.7 Å². The number of aryl methyl sites for hydroxylation is 2. The molecule has 0 radical (unpaired) electrons. The summed E-state index contributed by atoms with van der Waals surface area (Å²) in [5, 5.41) is -0.260. The highest BCUT2D eigenvalue weighted by Crippen LogP contribution is 2.31. The van der Waals surface area contributed by atoms with Crippen molar-refractivity contribution < 1.29 is 4.42 Å². The van der Waals surface area contributed by atoms with Crippen molar-refractivity contribution in [1.29, 1.82) is 0 Å². The molecule has 1 atom stereocenters. The summed E-state index contributed by atoms with van der Waals surface area (Å²) in [6.07, 6.45) is 0. The average molecular weight is 302 g/mol. The Morgan fingerprint density at radius 3 is 2.67 bits per heavy atom. The molecule has 108 valence electrons. The van der Waals surface area contributed by atoms with E-state index in [9.17, 15) is 4.79 Å². The van der Waals surface area contributed by atoms with Gasteiger partial charge in [-0.25, -0.2) is 4.79 Å². The molecule has 3 nitrogen and oxygen atoms in total. The first-order chi connectivity index (χ1) is 10.1. The van der Waals surface area contributed by atoms with Crippen LogP contribution in [0.2, 0.25) is 0 Å². The Morgan fingerprint density at radius 1 is 1.19 bits per heavy atom. The van der Waals surface area contributed by atoms with Gasteiger partial charge in [-0.05, 0) is 37.1 Å². The lowest BCUT2D eigenvalue weighted by molar-refractivity contribution is 0.513. The molecule has 1 unspecified atom stereocenters. The number of hydrogen-bond acceptors (Lipinski definition) is 2. The number of hydrogen-bond donors (Lipinski definition) is 0. The molecule has 0 aliphatic heterocycles. The number of benzene rings is 2. The fourth-order valence-electron chi connectivity index (χ4n) is 2.56. The van der Waals surface area contributed by atoms with E-state index >= 15 is 0 Å². The van der Waals surface area contributed by atoms with Gasteiger partial charge in [0.1, 0.15) is 0 Å². The van der Waals surface area contributed by atoms with Crippen molar-refractivity contribution in [2.45, 2.75) is 25.8 Å². The van der Waals surface area contributed by atoms with E-state index in [1.54, 1.807) is 4.57 Å². The molecule has 0 spiro atoms. The summed E-state index contributed by atoms with van der Waals surface area (Å²) < 4.78 is 6.90. The SMILES string of the molecule is CCn1c(=O)oc2cc(C(Cl)c3cccc(C)c3)ccc21. The molecule has 21 heavy (non-hydrogen) atoms. The monoisotopic (exact) mass is 301 g/mol. The molecule has 0 aliphatic carbocycles. The number of rotatable bonds is 3. The lowest BCUT2D eigenvalue weighted by atomic mass is 10.0. The van der Waals surface area contributed by atoms with Crippen molar-refractivity contribution in [1.82, 2.24) is 4.57 Å². The zero-order valence-corrected chi connectivity index (χ0v) is 12.7. The van der Waals surface area contributed by atoms with Gasteiger partial charge in [-0.1, -0.05) is 35.9 Å². The summed E-state index contributed by atoms with van der Waals surface area (Å²) in [5.74, 6) is -0.327. The van der Waals surface area contributed by atoms with Crippen LogP contribution in [0, 0.1) is 6.92 Å². The summed E-state index contributed by atoms with van der Waals surface area (Å²) in [6.45, 7) is 4.55. The molecule has 4 heteroatoms. The fraction of sp³-hybridized carbons (Fsp3) is 0.235. The molecule has 1 heterocycles. The first-order valence-electron chi connectivity index (χ1n) is 6.94. The largest absolute Gasteiger partial charge is 0.419 e. The summed E-state index contributed by atoms with van der Waals surface area (Å²) in [5.41, 5.74) is 4.51. The number of aromatic nitrogens is 1. The number of nitrogens with zero attached hydrogens (tertiary/aromatic N) is 1. The van der Waals surface area contributed by atoms with Crippen LogP contribution in [0.1, 0.15) is 29.0 Å². The zero-order chi connectivity index (χ0) is 15.0. The second-order valence-corrected chi connectivity index (χ2v) is 5.55. The van der Waals surface area contributed by atoms with E-state index in [0.717, 1.165) is 16.6 Å². The Morgan fingerprint density at radius 2 is 1.95 bits per heavy atom. The van der Waals surface area contributed by atoms with Gasteiger partial charge in [-0.3, -0.25) is 4.57 Å². The summed E-state index contributed by atoms with van der Waals surface area (Å²) >= 11 is 6.56. The van der Waals surface area contributed by atoms with Crippen molar-refractivity contribution in [3.8, 4) is 0 Å². The minimum Gasteiger partial charge on any atom is -0.408 e. The number of halogens is 1. The zero-order valence-electron chi connectivity index (χ0n) is 12.0. The molecular formula is C17H16ClNO2. The molecule has 0 fully saturated rings. The average Bonchev–Trinajstić information content (AvgIpc) is 2.80. The van der Waals surface area contributed by atoms with E-state index in [0.29, 0.717) is 12.1 Å². The van der Waals surface area contributed by atoms with Crippen LogP contribution < -0.4 is 5.76 Å². The third kappa shape index (κ3) is 2.49. The van der Waals surface area contributed by atoms with Crippen LogP contribution in [-0.4, -0.2) is 4.57 Å². The maximum Gasteiger partial charge on any atom is 0.419 e. The molecule has 0 aliphatic rings. The number of alkyl halides is 1. The maximum absolute atomic E-state index is 11.7. The molecule has 0 saturated carbocycles. The summed E-state index contributed by atoms with van der Waals surface area (Å²) in [6, 6.07) is 13.8. The van der Waals surface area contributed by atoms with E-state index < -0.39 is 0 Å². The van der Waals surface area contributed by atoms with Gasteiger partial charge in [0.2, 0.25) is 0 Å². The van der Waals surface area contributed by atoms with Crippen LogP contribution in [0.3, 0.4) is 0 Å². The van der Waals surface area contributed by atoms with E-state index in [1.807, 2.05) is 50.2 Å². The molecule has 0 bridgehead atoms. The maximum atomic E-state index is 11.7. The molecule has 0 saturated heterocycles. The van der Waals surface area contributed by atoms with Crippen molar-refractivity contribution in [3.63, 3.8) is 0 Å². The minimum atomic E-state index is -0.327. The second-order valence-electron chi connectivity index (χ2n) is 5.12. The molecular weight excluding hydrogens is 286 g/mol. The molecule has 2 aromatic carbocycles. The quantitative estimate of drug-likeness (QED) is 0.678. The smallest absolute Gasteiger partial charge is 0.408 e. The van der Waals surface area contributed by atoms with Crippen molar-refractivity contribution in [2.24, 2.45) is 0 Å². The van der Waals surface area contributed by atoms with Gasteiger partial charge in [-0.15, -0.1) is 11.6 Å². The topological polar surface area (TPSA) is 35.1 Å². The van der Waals surface area contributed by atoms with Crippen LogP contribution in [0.25, 0.3) is 11.1 Å². The van der Waals surface area contributed by atoms with Crippen LogP contribution in [0.15, 0.2) is 51.7 Å². The van der Waals surface area contributed by atoms with Crippen molar-refractivity contribution in [2.75, 3.05) is 0 Å². The van der Waals surface area contributed by atoms with E-state index in [1.165, 1.54) is 5.56 Å². The second kappa shape index (κ2) is 5.41. The highest BCUT2D eigenvalue weighted by Gasteiger charge is 2.14. The van der Waals surface area contributed by atoms with Gasteiger partial charge in [-0.2, -0.15) is 0 Å². The Hall–Kier alpha value is -2.00. The highest BCUT2D eigenvalue weighted by molar-refractivity contribution is 6.22. The van der Waals surface area contributed by atoms with E-state index in [4.69, 9.17) is 16.0 Å². The van der Waals surface area contributed by atoms with Crippen molar-refractivity contribution in [3.05, 3.63) is 69.7 Å². The van der Waals surface area contributed by atoms with Gasteiger partial charge >= 0.3 is 5.76 Å².